The Bertz CT molecular complexity index is 917. The zero-order valence-corrected chi connectivity index (χ0v) is 15.7. The fraction of sp³-hybridized carbons (Fsp3) is 0.304. The summed E-state index contributed by atoms with van der Waals surface area (Å²) in [5, 5.41) is 0. The van der Waals surface area contributed by atoms with Gasteiger partial charge in [-0.1, -0.05) is 42.5 Å². The van der Waals surface area contributed by atoms with Gasteiger partial charge >= 0.3 is 0 Å². The van der Waals surface area contributed by atoms with E-state index >= 15 is 0 Å². The number of likely N-dealkylation sites (tertiary alicyclic amines) is 1. The molecular formula is C23H25N3O. The van der Waals surface area contributed by atoms with Crippen molar-refractivity contribution in [2.75, 3.05) is 13.1 Å². The van der Waals surface area contributed by atoms with Gasteiger partial charge in [-0.25, -0.2) is 4.98 Å². The van der Waals surface area contributed by atoms with E-state index in [9.17, 15) is 4.79 Å². The summed E-state index contributed by atoms with van der Waals surface area (Å²) in [6.07, 6.45) is 7.87. The molecule has 1 aliphatic rings. The maximum atomic E-state index is 13.4. The number of piperidine rings is 1. The van der Waals surface area contributed by atoms with Crippen LogP contribution in [-0.2, 0) is 6.54 Å². The molecule has 0 aliphatic carbocycles. The Kier molecular flexibility index (Phi) is 5.05. The van der Waals surface area contributed by atoms with Crippen LogP contribution in [0.5, 0.6) is 0 Å². The summed E-state index contributed by atoms with van der Waals surface area (Å²) in [4.78, 5) is 19.5. The largest absolute Gasteiger partial charge is 0.338 e. The maximum absolute atomic E-state index is 13.4. The molecule has 0 unspecified atom stereocenters. The van der Waals surface area contributed by atoms with E-state index in [-0.39, 0.29) is 5.91 Å². The summed E-state index contributed by atoms with van der Waals surface area (Å²) in [5.74, 6) is 0.617. The lowest BCUT2D eigenvalue weighted by Crippen LogP contribution is -2.41. The number of hydrogen-bond donors (Lipinski definition) is 0. The molecule has 0 bridgehead atoms. The zero-order valence-electron chi connectivity index (χ0n) is 15.7. The molecule has 3 aromatic rings. The minimum absolute atomic E-state index is 0.143. The molecule has 27 heavy (non-hydrogen) atoms. The normalized spacial score (nSPS) is 17.1. The number of rotatable bonds is 4. The standard InChI is InChI=1S/C23H25N3O/c1-18-7-2-3-9-20(18)21-10-4-5-11-22(21)23(27)26-13-6-8-19(16-26)15-25-14-12-24-17-25/h2-5,7,9-12,14,17,19H,6,8,13,15-16H2,1H3/t19-/m1/s1. The van der Waals surface area contributed by atoms with Crippen LogP contribution in [0.4, 0.5) is 0 Å². The summed E-state index contributed by atoms with van der Waals surface area (Å²) in [7, 11) is 0. The number of benzene rings is 2. The van der Waals surface area contributed by atoms with Gasteiger partial charge in [-0.2, -0.15) is 0 Å². The van der Waals surface area contributed by atoms with E-state index in [0.29, 0.717) is 5.92 Å². The second kappa shape index (κ2) is 7.78. The number of carbonyl (C=O) groups excluding carboxylic acids is 1. The van der Waals surface area contributed by atoms with Crippen molar-refractivity contribution in [1.29, 1.82) is 0 Å². The van der Waals surface area contributed by atoms with Gasteiger partial charge in [0, 0.05) is 37.6 Å². The molecule has 0 saturated carbocycles. The molecule has 4 nitrogen and oxygen atoms in total. The number of nitrogens with zero attached hydrogens (tertiary/aromatic N) is 3. The number of aryl methyl sites for hydroxylation is 1. The van der Waals surface area contributed by atoms with E-state index in [1.807, 2.05) is 54.0 Å². The molecule has 1 amide bonds. The van der Waals surface area contributed by atoms with Gasteiger partial charge in [-0.15, -0.1) is 0 Å². The second-order valence-corrected chi connectivity index (χ2v) is 7.38. The third kappa shape index (κ3) is 3.80. The van der Waals surface area contributed by atoms with Crippen LogP contribution in [0.3, 0.4) is 0 Å². The van der Waals surface area contributed by atoms with Gasteiger partial charge in [0.15, 0.2) is 0 Å². The molecule has 0 N–H and O–H groups in total. The first-order valence-electron chi connectivity index (χ1n) is 9.62. The molecule has 1 aliphatic heterocycles. The molecular weight excluding hydrogens is 334 g/mol. The topological polar surface area (TPSA) is 38.1 Å². The minimum atomic E-state index is 0.143. The van der Waals surface area contributed by atoms with Crippen molar-refractivity contribution in [3.63, 3.8) is 0 Å². The van der Waals surface area contributed by atoms with Crippen molar-refractivity contribution >= 4 is 5.91 Å². The molecule has 4 rings (SSSR count). The van der Waals surface area contributed by atoms with E-state index < -0.39 is 0 Å². The smallest absolute Gasteiger partial charge is 0.254 e. The van der Waals surface area contributed by atoms with Gasteiger partial charge in [0.05, 0.1) is 6.33 Å². The molecule has 2 heterocycles. The summed E-state index contributed by atoms with van der Waals surface area (Å²) in [6.45, 7) is 4.66. The average Bonchev–Trinajstić information content (AvgIpc) is 3.21. The lowest BCUT2D eigenvalue weighted by molar-refractivity contribution is 0.0663. The van der Waals surface area contributed by atoms with Gasteiger partial charge in [0.25, 0.3) is 5.91 Å². The average molecular weight is 359 g/mol. The highest BCUT2D eigenvalue weighted by Gasteiger charge is 2.26. The Morgan fingerprint density at radius 2 is 1.89 bits per heavy atom. The number of imidazole rings is 1. The zero-order chi connectivity index (χ0) is 18.6. The first-order valence-corrected chi connectivity index (χ1v) is 9.62. The first-order chi connectivity index (χ1) is 13.2. The highest BCUT2D eigenvalue weighted by Crippen LogP contribution is 2.29. The van der Waals surface area contributed by atoms with E-state index in [1.165, 1.54) is 5.56 Å². The lowest BCUT2D eigenvalue weighted by atomic mass is 9.93. The predicted molar refractivity (Wildman–Crippen MR) is 107 cm³/mol. The van der Waals surface area contributed by atoms with Crippen LogP contribution in [0, 0.1) is 12.8 Å². The van der Waals surface area contributed by atoms with Crippen molar-refractivity contribution in [3.8, 4) is 11.1 Å². The van der Waals surface area contributed by atoms with Gasteiger partial charge in [0.1, 0.15) is 0 Å². The number of hydrogen-bond acceptors (Lipinski definition) is 2. The number of carbonyl (C=O) groups is 1. The van der Waals surface area contributed by atoms with Gasteiger partial charge in [-0.3, -0.25) is 4.79 Å². The molecule has 1 atom stereocenters. The predicted octanol–water partition coefficient (Wildman–Crippen LogP) is 4.41. The molecule has 1 fully saturated rings. The summed E-state index contributed by atoms with van der Waals surface area (Å²) < 4.78 is 2.11. The van der Waals surface area contributed by atoms with Crippen LogP contribution in [0.2, 0.25) is 0 Å². The number of amides is 1. The lowest BCUT2D eigenvalue weighted by Gasteiger charge is -2.33. The van der Waals surface area contributed by atoms with Crippen LogP contribution in [0.25, 0.3) is 11.1 Å². The minimum Gasteiger partial charge on any atom is -0.338 e. The molecule has 4 heteroatoms. The van der Waals surface area contributed by atoms with Crippen LogP contribution in [-0.4, -0.2) is 33.4 Å². The molecule has 2 aromatic carbocycles. The molecule has 0 spiro atoms. The Labute approximate surface area is 160 Å². The monoisotopic (exact) mass is 359 g/mol. The summed E-state index contributed by atoms with van der Waals surface area (Å²) >= 11 is 0. The number of aromatic nitrogens is 2. The first kappa shape index (κ1) is 17.5. The molecule has 1 saturated heterocycles. The van der Waals surface area contributed by atoms with Gasteiger partial charge in [0.2, 0.25) is 0 Å². The van der Waals surface area contributed by atoms with Crippen molar-refractivity contribution in [2.45, 2.75) is 26.3 Å². The second-order valence-electron chi connectivity index (χ2n) is 7.38. The van der Waals surface area contributed by atoms with E-state index in [0.717, 1.165) is 49.2 Å². The van der Waals surface area contributed by atoms with Crippen LogP contribution < -0.4 is 0 Å². The van der Waals surface area contributed by atoms with Crippen LogP contribution in [0.15, 0.2) is 67.3 Å². The Morgan fingerprint density at radius 1 is 1.11 bits per heavy atom. The summed E-state index contributed by atoms with van der Waals surface area (Å²) in [6, 6.07) is 16.3. The third-order valence-corrected chi connectivity index (χ3v) is 5.43. The van der Waals surface area contributed by atoms with Gasteiger partial charge < -0.3 is 9.47 Å². The van der Waals surface area contributed by atoms with Crippen LogP contribution in [0.1, 0.15) is 28.8 Å². The molecule has 1 aromatic heterocycles. The molecule has 138 valence electrons. The Balaban J connectivity index is 1.57. The van der Waals surface area contributed by atoms with Crippen molar-refractivity contribution in [1.82, 2.24) is 14.5 Å². The highest BCUT2D eigenvalue weighted by atomic mass is 16.2. The fourth-order valence-electron chi connectivity index (χ4n) is 4.04. The molecule has 0 radical (unpaired) electrons. The van der Waals surface area contributed by atoms with Crippen LogP contribution >= 0.6 is 0 Å². The third-order valence-electron chi connectivity index (χ3n) is 5.43. The van der Waals surface area contributed by atoms with E-state index in [2.05, 4.69) is 34.7 Å². The van der Waals surface area contributed by atoms with Crippen molar-refractivity contribution < 1.29 is 4.79 Å². The van der Waals surface area contributed by atoms with Crippen molar-refractivity contribution in [3.05, 3.63) is 78.4 Å². The fourth-order valence-corrected chi connectivity index (χ4v) is 4.04. The summed E-state index contributed by atoms with van der Waals surface area (Å²) in [5.41, 5.74) is 4.15. The van der Waals surface area contributed by atoms with Gasteiger partial charge in [-0.05, 0) is 48.4 Å². The quantitative estimate of drug-likeness (QED) is 0.692. The Morgan fingerprint density at radius 3 is 2.67 bits per heavy atom. The van der Waals surface area contributed by atoms with E-state index in [1.54, 1.807) is 0 Å². The highest BCUT2D eigenvalue weighted by molar-refractivity contribution is 6.01. The van der Waals surface area contributed by atoms with Crippen molar-refractivity contribution in [2.24, 2.45) is 5.92 Å². The van der Waals surface area contributed by atoms with E-state index in [4.69, 9.17) is 0 Å². The maximum Gasteiger partial charge on any atom is 0.254 e. The SMILES string of the molecule is Cc1ccccc1-c1ccccc1C(=O)N1CCC[C@H](Cn2ccnc2)C1. The Hall–Kier alpha value is -2.88.